The summed E-state index contributed by atoms with van der Waals surface area (Å²) < 4.78 is 6.76. The van der Waals surface area contributed by atoms with Crippen LogP contribution in [-0.4, -0.2) is 23.0 Å². The van der Waals surface area contributed by atoms with E-state index in [2.05, 4.69) is 20.9 Å². The molecule has 96 valence electrons. The SMILES string of the molecule is O=C(c1ccc(Br)cn1)C1CCOC2(CCC2)C1. The standard InChI is InChI=1S/C14H16BrNO2/c15-11-2-3-12(16-9-11)13(17)10-4-7-18-14(8-10)5-1-6-14/h2-3,9-10H,1,4-8H2. The number of carbonyl (C=O) groups excluding carboxylic acids is 1. The highest BCUT2D eigenvalue weighted by Crippen LogP contribution is 2.44. The van der Waals surface area contributed by atoms with E-state index in [4.69, 9.17) is 4.74 Å². The van der Waals surface area contributed by atoms with E-state index in [1.54, 1.807) is 12.3 Å². The van der Waals surface area contributed by atoms with E-state index in [1.807, 2.05) is 6.07 Å². The van der Waals surface area contributed by atoms with E-state index < -0.39 is 0 Å². The summed E-state index contributed by atoms with van der Waals surface area (Å²) in [5.74, 6) is 0.268. The Balaban J connectivity index is 1.74. The maximum Gasteiger partial charge on any atom is 0.184 e. The van der Waals surface area contributed by atoms with E-state index >= 15 is 0 Å². The fraction of sp³-hybridized carbons (Fsp3) is 0.571. The molecule has 2 heterocycles. The van der Waals surface area contributed by atoms with Crippen molar-refractivity contribution >= 4 is 21.7 Å². The van der Waals surface area contributed by atoms with Gasteiger partial charge in [0, 0.05) is 23.2 Å². The minimum atomic E-state index is 0.0218. The molecule has 1 aliphatic heterocycles. The van der Waals surface area contributed by atoms with E-state index in [0.717, 1.165) is 30.2 Å². The van der Waals surface area contributed by atoms with Gasteiger partial charge in [-0.2, -0.15) is 0 Å². The van der Waals surface area contributed by atoms with Gasteiger partial charge in [0.15, 0.2) is 5.78 Å². The lowest BCUT2D eigenvalue weighted by Gasteiger charge is -2.46. The molecule has 1 unspecified atom stereocenters. The maximum absolute atomic E-state index is 12.4. The number of Topliss-reactive ketones (excluding diaryl/α,β-unsaturated/α-hetero) is 1. The molecule has 18 heavy (non-hydrogen) atoms. The lowest BCUT2D eigenvalue weighted by atomic mass is 9.71. The van der Waals surface area contributed by atoms with Crippen molar-refractivity contribution in [2.75, 3.05) is 6.61 Å². The Morgan fingerprint density at radius 3 is 2.89 bits per heavy atom. The Labute approximate surface area is 115 Å². The van der Waals surface area contributed by atoms with Crippen molar-refractivity contribution in [1.82, 2.24) is 4.98 Å². The van der Waals surface area contributed by atoms with Crippen LogP contribution in [0.2, 0.25) is 0 Å². The van der Waals surface area contributed by atoms with E-state index in [1.165, 1.54) is 6.42 Å². The first-order valence-electron chi connectivity index (χ1n) is 6.48. The van der Waals surface area contributed by atoms with Crippen LogP contribution in [0.15, 0.2) is 22.8 Å². The first-order valence-corrected chi connectivity index (χ1v) is 7.28. The molecule has 3 nitrogen and oxygen atoms in total. The van der Waals surface area contributed by atoms with Gasteiger partial charge in [0.25, 0.3) is 0 Å². The highest BCUT2D eigenvalue weighted by atomic mass is 79.9. The predicted octanol–water partition coefficient (Wildman–Crippen LogP) is 3.38. The van der Waals surface area contributed by atoms with Crippen LogP contribution < -0.4 is 0 Å². The van der Waals surface area contributed by atoms with Gasteiger partial charge < -0.3 is 4.74 Å². The van der Waals surface area contributed by atoms with Crippen LogP contribution in [0, 0.1) is 5.92 Å². The molecular formula is C14H16BrNO2. The van der Waals surface area contributed by atoms with E-state index in [0.29, 0.717) is 12.3 Å². The summed E-state index contributed by atoms with van der Waals surface area (Å²) in [5, 5.41) is 0. The lowest BCUT2D eigenvalue weighted by molar-refractivity contribution is -0.137. The van der Waals surface area contributed by atoms with Crippen LogP contribution >= 0.6 is 15.9 Å². The summed E-state index contributed by atoms with van der Waals surface area (Å²) in [5.41, 5.74) is 0.605. The summed E-state index contributed by atoms with van der Waals surface area (Å²) in [6.45, 7) is 0.715. The molecule has 1 aliphatic carbocycles. The molecule has 0 aromatic carbocycles. The third-order valence-corrected chi connectivity index (χ3v) is 4.58. The summed E-state index contributed by atoms with van der Waals surface area (Å²) >= 11 is 3.34. The smallest absolute Gasteiger partial charge is 0.184 e. The van der Waals surface area contributed by atoms with Gasteiger partial charge in [-0.05, 0) is 60.2 Å². The Morgan fingerprint density at radius 1 is 1.44 bits per heavy atom. The Morgan fingerprint density at radius 2 is 2.28 bits per heavy atom. The third kappa shape index (κ3) is 2.24. The quantitative estimate of drug-likeness (QED) is 0.786. The van der Waals surface area contributed by atoms with Crippen LogP contribution in [0.5, 0.6) is 0 Å². The third-order valence-electron chi connectivity index (χ3n) is 4.11. The molecule has 1 aromatic heterocycles. The molecule has 1 aromatic rings. The van der Waals surface area contributed by atoms with Crippen LogP contribution in [0.3, 0.4) is 0 Å². The maximum atomic E-state index is 12.4. The number of pyridine rings is 1. The number of hydrogen-bond acceptors (Lipinski definition) is 3. The summed E-state index contributed by atoms with van der Waals surface area (Å²) in [4.78, 5) is 16.6. The lowest BCUT2D eigenvalue weighted by Crippen LogP contribution is -2.47. The van der Waals surface area contributed by atoms with Crippen molar-refractivity contribution in [2.45, 2.75) is 37.7 Å². The molecular weight excluding hydrogens is 294 g/mol. The molecule has 4 heteroatoms. The van der Waals surface area contributed by atoms with Gasteiger partial charge in [0.05, 0.1) is 5.60 Å². The highest BCUT2D eigenvalue weighted by molar-refractivity contribution is 9.10. The van der Waals surface area contributed by atoms with Crippen molar-refractivity contribution in [1.29, 1.82) is 0 Å². The first-order chi connectivity index (χ1) is 8.69. The first kappa shape index (κ1) is 12.3. The number of ether oxygens (including phenoxy) is 1. The zero-order valence-corrected chi connectivity index (χ0v) is 11.8. The summed E-state index contributed by atoms with van der Waals surface area (Å²) in [7, 11) is 0. The largest absolute Gasteiger partial charge is 0.375 e. The summed E-state index contributed by atoms with van der Waals surface area (Å²) in [6.07, 6.45) is 6.86. The number of rotatable bonds is 2. The van der Waals surface area contributed by atoms with Crippen LogP contribution in [0.4, 0.5) is 0 Å². The molecule has 0 bridgehead atoms. The van der Waals surface area contributed by atoms with Crippen molar-refractivity contribution in [3.05, 3.63) is 28.5 Å². The zero-order chi connectivity index (χ0) is 12.6. The summed E-state index contributed by atoms with van der Waals surface area (Å²) in [6, 6.07) is 3.67. The van der Waals surface area contributed by atoms with Crippen molar-refractivity contribution in [2.24, 2.45) is 5.92 Å². The molecule has 0 N–H and O–H groups in total. The molecule has 1 atom stereocenters. The molecule has 0 radical (unpaired) electrons. The van der Waals surface area contributed by atoms with Gasteiger partial charge in [-0.25, -0.2) is 0 Å². The molecule has 2 fully saturated rings. The van der Waals surface area contributed by atoms with Gasteiger partial charge in [-0.1, -0.05) is 0 Å². The molecule has 1 saturated carbocycles. The van der Waals surface area contributed by atoms with Gasteiger partial charge >= 0.3 is 0 Å². The fourth-order valence-electron chi connectivity index (χ4n) is 2.90. The monoisotopic (exact) mass is 309 g/mol. The fourth-order valence-corrected chi connectivity index (χ4v) is 3.14. The number of aromatic nitrogens is 1. The minimum Gasteiger partial charge on any atom is -0.375 e. The Kier molecular flexibility index (Phi) is 3.24. The second-order valence-electron chi connectivity index (χ2n) is 5.30. The molecule has 3 rings (SSSR count). The normalized spacial score (nSPS) is 25.7. The number of nitrogens with zero attached hydrogens (tertiary/aromatic N) is 1. The molecule has 1 saturated heterocycles. The number of ketones is 1. The minimum absolute atomic E-state index is 0.0218. The van der Waals surface area contributed by atoms with Crippen molar-refractivity contribution < 1.29 is 9.53 Å². The second kappa shape index (κ2) is 4.74. The zero-order valence-electron chi connectivity index (χ0n) is 10.2. The van der Waals surface area contributed by atoms with E-state index in [-0.39, 0.29) is 17.3 Å². The van der Waals surface area contributed by atoms with Crippen LogP contribution in [-0.2, 0) is 4.74 Å². The molecule has 1 spiro atoms. The second-order valence-corrected chi connectivity index (χ2v) is 6.22. The Hall–Kier alpha value is -0.740. The molecule has 2 aliphatic rings. The van der Waals surface area contributed by atoms with Crippen LogP contribution in [0.1, 0.15) is 42.6 Å². The van der Waals surface area contributed by atoms with Gasteiger partial charge in [-0.15, -0.1) is 0 Å². The van der Waals surface area contributed by atoms with Gasteiger partial charge in [0.1, 0.15) is 5.69 Å². The molecule has 0 amide bonds. The number of hydrogen-bond donors (Lipinski definition) is 0. The van der Waals surface area contributed by atoms with Crippen LogP contribution in [0.25, 0.3) is 0 Å². The van der Waals surface area contributed by atoms with Gasteiger partial charge in [-0.3, -0.25) is 9.78 Å². The number of halogens is 1. The van der Waals surface area contributed by atoms with Crippen molar-refractivity contribution in [3.63, 3.8) is 0 Å². The number of carbonyl (C=O) groups is 1. The predicted molar refractivity (Wildman–Crippen MR) is 71.5 cm³/mol. The topological polar surface area (TPSA) is 39.2 Å². The average Bonchev–Trinajstić information content (AvgIpc) is 2.37. The highest BCUT2D eigenvalue weighted by Gasteiger charge is 2.44. The van der Waals surface area contributed by atoms with Gasteiger partial charge in [0.2, 0.25) is 0 Å². The average molecular weight is 310 g/mol. The van der Waals surface area contributed by atoms with E-state index in [9.17, 15) is 4.79 Å². The van der Waals surface area contributed by atoms with Crippen molar-refractivity contribution in [3.8, 4) is 0 Å². The Bertz CT molecular complexity index is 453.